The summed E-state index contributed by atoms with van der Waals surface area (Å²) in [5, 5.41) is 3.41. The van der Waals surface area contributed by atoms with Crippen LogP contribution >= 0.6 is 0 Å². The molecule has 0 amide bonds. The Morgan fingerprint density at radius 1 is 1.43 bits per heavy atom. The Morgan fingerprint density at radius 2 is 2.24 bits per heavy atom. The van der Waals surface area contributed by atoms with Crippen molar-refractivity contribution in [1.29, 1.82) is 0 Å². The highest BCUT2D eigenvalue weighted by Crippen LogP contribution is 2.17. The van der Waals surface area contributed by atoms with Crippen LogP contribution in [0.15, 0.2) is 18.2 Å². The molecule has 2 rings (SSSR count). The smallest absolute Gasteiger partial charge is 0.162 e. The molecule has 0 aromatic heterocycles. The first-order valence-electron chi connectivity index (χ1n) is 7.58. The van der Waals surface area contributed by atoms with E-state index in [4.69, 9.17) is 4.74 Å². The monoisotopic (exact) mass is 298 g/mol. The van der Waals surface area contributed by atoms with E-state index in [0.29, 0.717) is 18.6 Å². The highest BCUT2D eigenvalue weighted by atomic mass is 19.2. The van der Waals surface area contributed by atoms with Gasteiger partial charge in [-0.05, 0) is 38.1 Å². The van der Waals surface area contributed by atoms with Crippen LogP contribution in [0.5, 0.6) is 0 Å². The van der Waals surface area contributed by atoms with Gasteiger partial charge in [-0.1, -0.05) is 19.1 Å². The van der Waals surface area contributed by atoms with E-state index in [2.05, 4.69) is 24.2 Å². The van der Waals surface area contributed by atoms with Gasteiger partial charge in [-0.25, -0.2) is 8.78 Å². The van der Waals surface area contributed by atoms with Crippen LogP contribution in [0.4, 0.5) is 8.78 Å². The van der Waals surface area contributed by atoms with Gasteiger partial charge in [0.1, 0.15) is 0 Å². The van der Waals surface area contributed by atoms with Crippen LogP contribution in [0.3, 0.4) is 0 Å². The summed E-state index contributed by atoms with van der Waals surface area (Å²) in [7, 11) is 2.05. The predicted molar refractivity (Wildman–Crippen MR) is 79.4 cm³/mol. The first-order valence-corrected chi connectivity index (χ1v) is 7.58. The van der Waals surface area contributed by atoms with Crippen molar-refractivity contribution in [2.24, 2.45) is 0 Å². The lowest BCUT2D eigenvalue weighted by Gasteiger charge is -2.35. The maximum absolute atomic E-state index is 13.9. The summed E-state index contributed by atoms with van der Waals surface area (Å²) in [5.74, 6) is -1.53. The number of benzene rings is 1. The molecule has 118 valence electrons. The zero-order chi connectivity index (χ0) is 15.2. The van der Waals surface area contributed by atoms with Crippen molar-refractivity contribution >= 4 is 0 Å². The van der Waals surface area contributed by atoms with Crippen LogP contribution in [0, 0.1) is 11.6 Å². The lowest BCUT2D eigenvalue weighted by molar-refractivity contribution is -0.0385. The first kappa shape index (κ1) is 16.3. The fourth-order valence-corrected chi connectivity index (χ4v) is 2.66. The quantitative estimate of drug-likeness (QED) is 0.871. The van der Waals surface area contributed by atoms with Crippen LogP contribution in [0.1, 0.15) is 18.9 Å². The average molecular weight is 298 g/mol. The molecule has 0 bridgehead atoms. The van der Waals surface area contributed by atoms with Gasteiger partial charge < -0.3 is 15.0 Å². The lowest BCUT2D eigenvalue weighted by atomic mass is 9.99. The third-order valence-electron chi connectivity index (χ3n) is 3.87. The average Bonchev–Trinajstić information content (AvgIpc) is 2.47. The zero-order valence-electron chi connectivity index (χ0n) is 12.7. The molecule has 0 saturated carbocycles. The number of halogens is 2. The van der Waals surface area contributed by atoms with E-state index in [-0.39, 0.29) is 12.1 Å². The van der Waals surface area contributed by atoms with Crippen molar-refractivity contribution in [3.63, 3.8) is 0 Å². The summed E-state index contributed by atoms with van der Waals surface area (Å²) in [6.07, 6.45) is 1.42. The van der Waals surface area contributed by atoms with E-state index < -0.39 is 11.6 Å². The number of hydrogen-bond acceptors (Lipinski definition) is 3. The standard InChI is InChI=1S/C16H24F2N2O/c1-3-7-19-14(15-11-20(2)8-9-21-15)10-12-5-4-6-13(17)16(12)18/h4-6,14-15,19H,3,7-11H2,1-2H3. The maximum Gasteiger partial charge on any atom is 0.162 e. The number of likely N-dealkylation sites (N-methyl/N-ethyl adjacent to an activating group) is 1. The molecule has 5 heteroatoms. The van der Waals surface area contributed by atoms with E-state index in [1.165, 1.54) is 0 Å². The summed E-state index contributed by atoms with van der Waals surface area (Å²) >= 11 is 0. The molecule has 1 fully saturated rings. The Kier molecular flexibility index (Phi) is 6.08. The minimum Gasteiger partial charge on any atom is -0.374 e. The van der Waals surface area contributed by atoms with E-state index in [1.54, 1.807) is 12.1 Å². The molecule has 1 aliphatic heterocycles. The second-order valence-electron chi connectivity index (χ2n) is 5.65. The van der Waals surface area contributed by atoms with Gasteiger partial charge in [0, 0.05) is 19.1 Å². The highest BCUT2D eigenvalue weighted by molar-refractivity contribution is 5.20. The van der Waals surface area contributed by atoms with Crippen molar-refractivity contribution in [3.8, 4) is 0 Å². The second-order valence-corrected chi connectivity index (χ2v) is 5.65. The van der Waals surface area contributed by atoms with E-state index >= 15 is 0 Å². The molecule has 0 aliphatic carbocycles. The number of hydrogen-bond donors (Lipinski definition) is 1. The van der Waals surface area contributed by atoms with Crippen molar-refractivity contribution in [2.45, 2.75) is 31.9 Å². The Hall–Kier alpha value is -1.04. The van der Waals surface area contributed by atoms with E-state index in [1.807, 2.05) is 0 Å². The predicted octanol–water partition coefficient (Wildman–Crippen LogP) is 2.21. The van der Waals surface area contributed by atoms with Crippen molar-refractivity contribution in [1.82, 2.24) is 10.2 Å². The molecule has 1 aromatic rings. The summed E-state index contributed by atoms with van der Waals surface area (Å²) in [5.41, 5.74) is 0.403. The molecule has 0 spiro atoms. The van der Waals surface area contributed by atoms with Gasteiger partial charge in [-0.3, -0.25) is 0 Å². The molecule has 1 N–H and O–H groups in total. The molecule has 2 atom stereocenters. The fourth-order valence-electron chi connectivity index (χ4n) is 2.66. The van der Waals surface area contributed by atoms with Crippen LogP contribution in [-0.4, -0.2) is 50.3 Å². The van der Waals surface area contributed by atoms with Crippen molar-refractivity contribution in [3.05, 3.63) is 35.4 Å². The topological polar surface area (TPSA) is 24.5 Å². The Labute approximate surface area is 125 Å². The molecule has 1 saturated heterocycles. The SMILES string of the molecule is CCCNC(Cc1cccc(F)c1F)C1CN(C)CCO1. The summed E-state index contributed by atoms with van der Waals surface area (Å²) in [6, 6.07) is 4.34. The van der Waals surface area contributed by atoms with Gasteiger partial charge in [-0.2, -0.15) is 0 Å². The first-order chi connectivity index (χ1) is 10.1. The molecule has 1 aliphatic rings. The van der Waals surface area contributed by atoms with E-state index in [0.717, 1.165) is 32.1 Å². The third-order valence-corrected chi connectivity index (χ3v) is 3.87. The fraction of sp³-hybridized carbons (Fsp3) is 0.625. The van der Waals surface area contributed by atoms with Gasteiger partial charge in [0.15, 0.2) is 11.6 Å². The largest absolute Gasteiger partial charge is 0.374 e. The minimum absolute atomic E-state index is 0.00188. The molecule has 0 radical (unpaired) electrons. The van der Waals surface area contributed by atoms with Gasteiger partial charge in [0.2, 0.25) is 0 Å². The van der Waals surface area contributed by atoms with Crippen LogP contribution in [-0.2, 0) is 11.2 Å². The number of morpholine rings is 1. The van der Waals surface area contributed by atoms with E-state index in [9.17, 15) is 8.78 Å². The summed E-state index contributed by atoms with van der Waals surface area (Å²) < 4.78 is 33.1. The molecular formula is C16H24F2N2O. The van der Waals surface area contributed by atoms with Gasteiger partial charge in [0.25, 0.3) is 0 Å². The zero-order valence-corrected chi connectivity index (χ0v) is 12.7. The number of nitrogens with one attached hydrogen (secondary N) is 1. The Morgan fingerprint density at radius 3 is 2.95 bits per heavy atom. The number of nitrogens with zero attached hydrogens (tertiary/aromatic N) is 1. The van der Waals surface area contributed by atoms with Crippen LogP contribution in [0.2, 0.25) is 0 Å². The minimum atomic E-state index is -0.788. The highest BCUT2D eigenvalue weighted by Gasteiger charge is 2.27. The van der Waals surface area contributed by atoms with Crippen LogP contribution in [0.25, 0.3) is 0 Å². The molecular weight excluding hydrogens is 274 g/mol. The number of ether oxygens (including phenoxy) is 1. The molecule has 3 nitrogen and oxygen atoms in total. The molecule has 21 heavy (non-hydrogen) atoms. The van der Waals surface area contributed by atoms with Crippen molar-refractivity contribution < 1.29 is 13.5 Å². The normalized spacial score (nSPS) is 21.4. The van der Waals surface area contributed by atoms with Gasteiger partial charge in [0.05, 0.1) is 12.7 Å². The van der Waals surface area contributed by atoms with Crippen molar-refractivity contribution in [2.75, 3.05) is 33.3 Å². The maximum atomic E-state index is 13.9. The Bertz CT molecular complexity index is 456. The molecule has 2 unspecified atom stereocenters. The molecule has 1 heterocycles. The second kappa shape index (κ2) is 7.82. The summed E-state index contributed by atoms with van der Waals surface area (Å²) in [6.45, 7) is 5.31. The molecule has 1 aromatic carbocycles. The van der Waals surface area contributed by atoms with Crippen LogP contribution < -0.4 is 5.32 Å². The number of rotatable bonds is 6. The Balaban J connectivity index is 2.10. The summed E-state index contributed by atoms with van der Waals surface area (Å²) in [4.78, 5) is 2.21. The van der Waals surface area contributed by atoms with Gasteiger partial charge in [-0.15, -0.1) is 0 Å². The third kappa shape index (κ3) is 4.46. The van der Waals surface area contributed by atoms with Gasteiger partial charge >= 0.3 is 0 Å². The lowest BCUT2D eigenvalue weighted by Crippen LogP contribution is -2.52.